The number of oxime groups is 1. The van der Waals surface area contributed by atoms with Crippen LogP contribution in [-0.4, -0.2) is 59.1 Å². The maximum atomic E-state index is 13.3. The molecule has 6 nitrogen and oxygen atoms in total. The van der Waals surface area contributed by atoms with E-state index in [-0.39, 0.29) is 17.8 Å². The minimum absolute atomic E-state index is 0.0893. The molecule has 2 fully saturated rings. The summed E-state index contributed by atoms with van der Waals surface area (Å²) in [5.74, 6) is -0.376. The molecule has 0 unspecified atom stereocenters. The predicted molar refractivity (Wildman–Crippen MR) is 98.9 cm³/mol. The van der Waals surface area contributed by atoms with Crippen LogP contribution in [0.3, 0.4) is 0 Å². The van der Waals surface area contributed by atoms with Crippen LogP contribution in [0.4, 0.5) is 9.18 Å². The van der Waals surface area contributed by atoms with E-state index in [1.165, 1.54) is 12.1 Å². The lowest BCUT2D eigenvalue weighted by Gasteiger charge is -2.35. The quantitative estimate of drug-likeness (QED) is 0.796. The minimum Gasteiger partial charge on any atom is -0.444 e. The fraction of sp³-hybridized carbons (Fsp3) is 0.600. The van der Waals surface area contributed by atoms with E-state index in [0.717, 1.165) is 37.2 Å². The van der Waals surface area contributed by atoms with Gasteiger partial charge in [-0.3, -0.25) is 4.90 Å². The van der Waals surface area contributed by atoms with Crippen molar-refractivity contribution >= 4 is 11.8 Å². The molecule has 0 bridgehead atoms. The summed E-state index contributed by atoms with van der Waals surface area (Å²) in [6.45, 7) is 8.32. The molecule has 4 rings (SSSR count). The highest BCUT2D eigenvalue weighted by Gasteiger charge is 2.60. The van der Waals surface area contributed by atoms with Gasteiger partial charge in [0.15, 0.2) is 0 Å². The monoisotopic (exact) mass is 375 g/mol. The van der Waals surface area contributed by atoms with Crippen LogP contribution in [-0.2, 0) is 9.57 Å². The van der Waals surface area contributed by atoms with Crippen LogP contribution in [0.25, 0.3) is 0 Å². The lowest BCUT2D eigenvalue weighted by atomic mass is 9.89. The molecule has 0 radical (unpaired) electrons. The van der Waals surface area contributed by atoms with E-state index >= 15 is 0 Å². The van der Waals surface area contributed by atoms with Gasteiger partial charge in [0.1, 0.15) is 11.4 Å². The highest BCUT2D eigenvalue weighted by atomic mass is 19.1. The molecule has 3 aliphatic rings. The van der Waals surface area contributed by atoms with Gasteiger partial charge in [0.05, 0.1) is 18.2 Å². The van der Waals surface area contributed by atoms with Crippen LogP contribution >= 0.6 is 0 Å². The largest absolute Gasteiger partial charge is 0.444 e. The van der Waals surface area contributed by atoms with Crippen molar-refractivity contribution in [1.29, 1.82) is 0 Å². The topological polar surface area (TPSA) is 54.4 Å². The number of amides is 1. The van der Waals surface area contributed by atoms with Crippen LogP contribution in [0.15, 0.2) is 29.4 Å². The molecule has 146 valence electrons. The number of carbonyl (C=O) groups is 1. The average Bonchev–Trinajstić information content (AvgIpc) is 3.29. The number of ether oxygens (including phenoxy) is 1. The number of likely N-dealkylation sites (tertiary alicyclic amines) is 2. The molecule has 0 N–H and O–H groups in total. The molecular weight excluding hydrogens is 349 g/mol. The van der Waals surface area contributed by atoms with E-state index in [2.05, 4.69) is 10.1 Å². The van der Waals surface area contributed by atoms with E-state index in [4.69, 9.17) is 9.57 Å². The lowest BCUT2D eigenvalue weighted by Crippen LogP contribution is -2.54. The Labute approximate surface area is 158 Å². The van der Waals surface area contributed by atoms with Crippen molar-refractivity contribution in [3.05, 3.63) is 35.6 Å². The Morgan fingerprint density at radius 3 is 2.56 bits per heavy atom. The number of nitrogens with zero attached hydrogens (tertiary/aromatic N) is 3. The average molecular weight is 375 g/mol. The molecule has 0 spiro atoms. The Morgan fingerprint density at radius 1 is 1.26 bits per heavy atom. The van der Waals surface area contributed by atoms with Gasteiger partial charge < -0.3 is 14.5 Å². The van der Waals surface area contributed by atoms with Gasteiger partial charge in [-0.15, -0.1) is 0 Å². The molecule has 3 aliphatic heterocycles. The second-order valence-corrected chi connectivity index (χ2v) is 8.53. The molecule has 0 saturated carbocycles. The Bertz CT molecular complexity index is 753. The van der Waals surface area contributed by atoms with Crippen LogP contribution in [0.5, 0.6) is 0 Å². The van der Waals surface area contributed by atoms with Crippen LogP contribution in [0.2, 0.25) is 0 Å². The molecule has 1 aromatic carbocycles. The molecule has 0 aromatic heterocycles. The molecule has 1 aromatic rings. The molecule has 2 atom stereocenters. The summed E-state index contributed by atoms with van der Waals surface area (Å²) in [6, 6.07) is 6.28. The summed E-state index contributed by atoms with van der Waals surface area (Å²) in [5, 5.41) is 4.38. The third kappa shape index (κ3) is 3.29. The molecule has 0 aliphatic carbocycles. The van der Waals surface area contributed by atoms with Gasteiger partial charge in [-0.25, -0.2) is 9.18 Å². The van der Waals surface area contributed by atoms with E-state index in [0.29, 0.717) is 13.1 Å². The van der Waals surface area contributed by atoms with E-state index < -0.39 is 11.3 Å². The van der Waals surface area contributed by atoms with Gasteiger partial charge in [0.25, 0.3) is 0 Å². The van der Waals surface area contributed by atoms with Crippen molar-refractivity contribution in [1.82, 2.24) is 9.80 Å². The smallest absolute Gasteiger partial charge is 0.410 e. The van der Waals surface area contributed by atoms with Crippen LogP contribution < -0.4 is 0 Å². The summed E-state index contributed by atoms with van der Waals surface area (Å²) in [7, 11) is 0. The third-order valence-electron chi connectivity index (χ3n) is 5.43. The molecule has 2 saturated heterocycles. The number of halogens is 1. The van der Waals surface area contributed by atoms with Crippen molar-refractivity contribution in [3.63, 3.8) is 0 Å². The fourth-order valence-corrected chi connectivity index (χ4v) is 4.21. The Morgan fingerprint density at radius 2 is 1.93 bits per heavy atom. The standard InChI is InChI=1S/C20H26FN3O3/c1-19(2,3)26-18(25)23-12-16-17(14-6-8-15(21)9-7-14)22-27-20(16,13-23)24-10-4-5-11-24/h6-9,16H,4-5,10-13H2,1-3H3/t16-,20+/m1/s1. The Hall–Kier alpha value is -2.15. The number of carbonyl (C=O) groups excluding carboxylic acids is 1. The van der Waals surface area contributed by atoms with Crippen molar-refractivity contribution in [3.8, 4) is 0 Å². The number of hydrogen-bond acceptors (Lipinski definition) is 5. The van der Waals surface area contributed by atoms with Crippen molar-refractivity contribution < 1.29 is 18.8 Å². The number of hydrogen-bond donors (Lipinski definition) is 0. The van der Waals surface area contributed by atoms with Gasteiger partial charge in [-0.05, 0) is 45.7 Å². The summed E-state index contributed by atoms with van der Waals surface area (Å²) >= 11 is 0. The molecular formula is C20H26FN3O3. The summed E-state index contributed by atoms with van der Waals surface area (Å²) in [4.78, 5) is 22.7. The number of benzene rings is 1. The molecule has 7 heteroatoms. The maximum Gasteiger partial charge on any atom is 0.410 e. The zero-order valence-electron chi connectivity index (χ0n) is 16.1. The Balaban J connectivity index is 1.62. The highest BCUT2D eigenvalue weighted by molar-refractivity contribution is 6.04. The molecule has 1 amide bonds. The van der Waals surface area contributed by atoms with E-state index in [1.807, 2.05) is 20.8 Å². The first kappa shape index (κ1) is 18.2. The number of rotatable bonds is 2. The first-order chi connectivity index (χ1) is 12.8. The van der Waals surface area contributed by atoms with Gasteiger partial charge in [0, 0.05) is 25.2 Å². The predicted octanol–water partition coefficient (Wildman–Crippen LogP) is 3.22. The summed E-state index contributed by atoms with van der Waals surface area (Å²) in [5.41, 5.74) is 0.392. The van der Waals surface area contributed by atoms with Crippen molar-refractivity contribution in [2.75, 3.05) is 26.2 Å². The minimum atomic E-state index is -0.656. The van der Waals surface area contributed by atoms with Gasteiger partial charge in [-0.1, -0.05) is 17.3 Å². The van der Waals surface area contributed by atoms with Crippen molar-refractivity contribution in [2.45, 2.75) is 44.9 Å². The maximum absolute atomic E-state index is 13.3. The van der Waals surface area contributed by atoms with E-state index in [1.54, 1.807) is 17.0 Å². The Kier molecular flexibility index (Phi) is 4.37. The normalized spacial score (nSPS) is 28.1. The first-order valence-electron chi connectivity index (χ1n) is 9.53. The number of fused-ring (bicyclic) bond motifs is 1. The molecule has 27 heavy (non-hydrogen) atoms. The SMILES string of the molecule is CC(C)(C)OC(=O)N1C[C@@H]2C(c3ccc(F)cc3)=NO[C@@]2(N2CCCC2)C1. The van der Waals surface area contributed by atoms with Crippen molar-refractivity contribution in [2.24, 2.45) is 11.1 Å². The second-order valence-electron chi connectivity index (χ2n) is 8.53. The molecule has 3 heterocycles. The third-order valence-corrected chi connectivity index (χ3v) is 5.43. The first-order valence-corrected chi connectivity index (χ1v) is 9.53. The van der Waals surface area contributed by atoms with Crippen LogP contribution in [0.1, 0.15) is 39.2 Å². The lowest BCUT2D eigenvalue weighted by molar-refractivity contribution is -0.136. The van der Waals surface area contributed by atoms with E-state index in [9.17, 15) is 9.18 Å². The fourth-order valence-electron chi connectivity index (χ4n) is 4.21. The summed E-state index contributed by atoms with van der Waals surface area (Å²) in [6.07, 6.45) is 1.88. The van der Waals surface area contributed by atoms with Gasteiger partial charge in [0.2, 0.25) is 5.72 Å². The van der Waals surface area contributed by atoms with Crippen LogP contribution in [0, 0.1) is 11.7 Å². The second kappa shape index (κ2) is 6.48. The summed E-state index contributed by atoms with van der Waals surface area (Å²) < 4.78 is 18.9. The van der Waals surface area contributed by atoms with Gasteiger partial charge in [-0.2, -0.15) is 0 Å². The van der Waals surface area contributed by atoms with Gasteiger partial charge >= 0.3 is 6.09 Å². The zero-order valence-corrected chi connectivity index (χ0v) is 16.1. The highest BCUT2D eigenvalue weighted by Crippen LogP contribution is 2.43. The zero-order chi connectivity index (χ0) is 19.2.